The molecule has 3 aromatic rings. The number of aromatic nitrogens is 1. The van der Waals surface area contributed by atoms with Crippen molar-refractivity contribution in [3.8, 4) is 5.69 Å². The summed E-state index contributed by atoms with van der Waals surface area (Å²) < 4.78 is 8.15. The Morgan fingerprint density at radius 2 is 1.72 bits per heavy atom. The number of carbonyl (C=O) groups excluding carboxylic acids is 2. The molecule has 0 aliphatic carbocycles. The van der Waals surface area contributed by atoms with Gasteiger partial charge in [0, 0.05) is 37.2 Å². The number of aryl methyl sites for hydroxylation is 1. The van der Waals surface area contributed by atoms with Crippen LogP contribution in [0.25, 0.3) is 5.69 Å². The summed E-state index contributed by atoms with van der Waals surface area (Å²) in [6.07, 6.45) is -0.0266. The van der Waals surface area contributed by atoms with Crippen LogP contribution in [0.2, 0.25) is 10.0 Å². The predicted molar refractivity (Wildman–Crippen MR) is 118 cm³/mol. The van der Waals surface area contributed by atoms with Crippen molar-refractivity contribution in [3.63, 3.8) is 0 Å². The Hall–Kier alpha value is -2.08. The lowest BCUT2D eigenvalue weighted by atomic mass is 10.1. The molecule has 0 saturated carbocycles. The summed E-state index contributed by atoms with van der Waals surface area (Å²) in [6, 6.07) is 14.5. The molecule has 4 nitrogen and oxygen atoms in total. The number of hydrogen-bond donors (Lipinski definition) is 0. The van der Waals surface area contributed by atoms with Crippen molar-refractivity contribution in [2.45, 2.75) is 20.3 Å². The molecule has 0 atom stereocenters. The van der Waals surface area contributed by atoms with Crippen molar-refractivity contribution in [1.29, 1.82) is 0 Å². The molecule has 0 aliphatic heterocycles. The topological polar surface area (TPSA) is 48.3 Å². The fourth-order valence-corrected chi connectivity index (χ4v) is 3.87. The van der Waals surface area contributed by atoms with Crippen LogP contribution in [0, 0.1) is 13.8 Å². The van der Waals surface area contributed by atoms with Gasteiger partial charge in [0.15, 0.2) is 6.61 Å². The van der Waals surface area contributed by atoms with Gasteiger partial charge in [0.2, 0.25) is 5.78 Å². The normalized spacial score (nSPS) is 10.8. The molecule has 1 aromatic heterocycles. The van der Waals surface area contributed by atoms with Crippen molar-refractivity contribution >= 4 is 50.9 Å². The number of ether oxygens (including phenoxy) is 1. The summed E-state index contributed by atoms with van der Waals surface area (Å²) in [4.78, 5) is 24.8. The molecule has 1 heterocycles. The maximum absolute atomic E-state index is 12.6. The van der Waals surface area contributed by atoms with Crippen LogP contribution >= 0.6 is 39.1 Å². The van der Waals surface area contributed by atoms with Crippen LogP contribution in [0.4, 0.5) is 0 Å². The molecule has 0 aliphatic rings. The third-order valence-electron chi connectivity index (χ3n) is 4.53. The van der Waals surface area contributed by atoms with Crippen LogP contribution < -0.4 is 0 Å². The second kappa shape index (κ2) is 9.16. The van der Waals surface area contributed by atoms with Crippen molar-refractivity contribution in [2.75, 3.05) is 6.61 Å². The van der Waals surface area contributed by atoms with Gasteiger partial charge in [0.05, 0.1) is 6.42 Å². The van der Waals surface area contributed by atoms with E-state index in [1.165, 1.54) is 0 Å². The van der Waals surface area contributed by atoms with E-state index in [-0.39, 0.29) is 18.8 Å². The third kappa shape index (κ3) is 5.10. The summed E-state index contributed by atoms with van der Waals surface area (Å²) in [5, 5.41) is 0.877. The number of Topliss-reactive ketones (excluding diaryl/α,β-unsaturated/α-hetero) is 1. The van der Waals surface area contributed by atoms with E-state index in [0.29, 0.717) is 21.2 Å². The number of benzene rings is 2. The summed E-state index contributed by atoms with van der Waals surface area (Å²) in [6.45, 7) is 3.48. The maximum Gasteiger partial charge on any atom is 0.310 e. The first-order chi connectivity index (χ1) is 13.8. The highest BCUT2D eigenvalue weighted by atomic mass is 79.9. The SMILES string of the molecule is Cc1cc(C(=O)COC(=O)Cc2ccc(Cl)cc2Cl)c(C)n1-c1ccc(Br)cc1. The van der Waals surface area contributed by atoms with Gasteiger partial charge in [-0.1, -0.05) is 45.2 Å². The van der Waals surface area contributed by atoms with E-state index in [4.69, 9.17) is 27.9 Å². The number of rotatable bonds is 6. The first-order valence-corrected chi connectivity index (χ1v) is 10.4. The highest BCUT2D eigenvalue weighted by Crippen LogP contribution is 2.24. The van der Waals surface area contributed by atoms with Gasteiger partial charge in [-0.25, -0.2) is 0 Å². The largest absolute Gasteiger partial charge is 0.457 e. The van der Waals surface area contributed by atoms with Gasteiger partial charge >= 0.3 is 5.97 Å². The average molecular weight is 495 g/mol. The molecule has 0 amide bonds. The van der Waals surface area contributed by atoms with Gasteiger partial charge in [-0.3, -0.25) is 9.59 Å². The molecule has 0 saturated heterocycles. The number of carbonyl (C=O) groups is 2. The quantitative estimate of drug-likeness (QED) is 0.306. The summed E-state index contributed by atoms with van der Waals surface area (Å²) >= 11 is 15.4. The van der Waals surface area contributed by atoms with E-state index in [9.17, 15) is 9.59 Å². The zero-order valence-corrected chi connectivity index (χ0v) is 18.9. The average Bonchev–Trinajstić information content (AvgIpc) is 2.97. The van der Waals surface area contributed by atoms with Crippen LogP contribution in [0.5, 0.6) is 0 Å². The van der Waals surface area contributed by atoms with Crippen molar-refractivity contribution in [1.82, 2.24) is 4.57 Å². The monoisotopic (exact) mass is 493 g/mol. The molecular weight excluding hydrogens is 477 g/mol. The standard InChI is InChI=1S/C22H18BrCl2NO3/c1-13-9-19(14(2)26(13)18-7-4-16(23)5-8-18)21(27)12-29-22(28)10-15-3-6-17(24)11-20(15)25/h3-9,11H,10,12H2,1-2H3. The zero-order chi connectivity index (χ0) is 21.1. The highest BCUT2D eigenvalue weighted by Gasteiger charge is 2.18. The number of halogens is 3. The smallest absolute Gasteiger partial charge is 0.310 e. The van der Waals surface area contributed by atoms with Crippen LogP contribution in [0.3, 0.4) is 0 Å². The molecule has 0 N–H and O–H groups in total. The molecule has 7 heteroatoms. The summed E-state index contributed by atoms with van der Waals surface area (Å²) in [5.41, 5.74) is 3.81. The Morgan fingerprint density at radius 1 is 1.03 bits per heavy atom. The third-order valence-corrected chi connectivity index (χ3v) is 5.65. The Balaban J connectivity index is 1.69. The van der Waals surface area contributed by atoms with Gasteiger partial charge in [0.25, 0.3) is 0 Å². The van der Waals surface area contributed by atoms with E-state index in [2.05, 4.69) is 15.9 Å². The van der Waals surface area contributed by atoms with Crippen LogP contribution in [-0.2, 0) is 16.0 Å². The second-order valence-corrected chi connectivity index (χ2v) is 8.35. The molecule has 150 valence electrons. The minimum atomic E-state index is -0.524. The van der Waals surface area contributed by atoms with Gasteiger partial charge in [-0.2, -0.15) is 0 Å². The fraction of sp³-hybridized carbons (Fsp3) is 0.182. The minimum absolute atomic E-state index is 0.0266. The fourth-order valence-electron chi connectivity index (χ4n) is 3.13. The van der Waals surface area contributed by atoms with E-state index in [1.54, 1.807) is 18.2 Å². The Morgan fingerprint density at radius 3 is 2.38 bits per heavy atom. The molecule has 3 rings (SSSR count). The number of ketones is 1. The molecule has 0 bridgehead atoms. The van der Waals surface area contributed by atoms with E-state index < -0.39 is 5.97 Å². The number of hydrogen-bond acceptors (Lipinski definition) is 3. The second-order valence-electron chi connectivity index (χ2n) is 6.59. The van der Waals surface area contributed by atoms with Crippen LogP contribution in [0.1, 0.15) is 27.3 Å². The van der Waals surface area contributed by atoms with Crippen LogP contribution in [-0.4, -0.2) is 22.9 Å². The van der Waals surface area contributed by atoms with Crippen molar-refractivity contribution < 1.29 is 14.3 Å². The predicted octanol–water partition coefficient (Wildman–Crippen LogP) is 6.13. The summed E-state index contributed by atoms with van der Waals surface area (Å²) in [5.74, 6) is -0.777. The van der Waals surface area contributed by atoms with Gasteiger partial charge < -0.3 is 9.30 Å². The molecule has 0 unspecified atom stereocenters. The highest BCUT2D eigenvalue weighted by molar-refractivity contribution is 9.10. The minimum Gasteiger partial charge on any atom is -0.457 e. The number of nitrogens with zero attached hydrogens (tertiary/aromatic N) is 1. The lowest BCUT2D eigenvalue weighted by molar-refractivity contribution is -0.141. The van der Waals surface area contributed by atoms with Crippen LogP contribution in [0.15, 0.2) is 53.0 Å². The first kappa shape index (κ1) is 21.6. The zero-order valence-electron chi connectivity index (χ0n) is 15.8. The van der Waals surface area contributed by atoms with Gasteiger partial charge in [-0.15, -0.1) is 0 Å². The van der Waals surface area contributed by atoms with Crippen molar-refractivity contribution in [2.24, 2.45) is 0 Å². The number of esters is 1. The lowest BCUT2D eigenvalue weighted by Gasteiger charge is -2.10. The lowest BCUT2D eigenvalue weighted by Crippen LogP contribution is -2.16. The first-order valence-electron chi connectivity index (χ1n) is 8.84. The molecule has 0 spiro atoms. The van der Waals surface area contributed by atoms with Gasteiger partial charge in [0.1, 0.15) is 0 Å². The van der Waals surface area contributed by atoms with E-state index in [0.717, 1.165) is 21.5 Å². The van der Waals surface area contributed by atoms with Crippen molar-refractivity contribution in [3.05, 3.63) is 85.6 Å². The molecule has 29 heavy (non-hydrogen) atoms. The molecular formula is C22H18BrCl2NO3. The van der Waals surface area contributed by atoms with E-state index in [1.807, 2.05) is 48.7 Å². The maximum atomic E-state index is 12.6. The van der Waals surface area contributed by atoms with Gasteiger partial charge in [-0.05, 0) is 61.9 Å². The Bertz CT molecular complexity index is 1070. The van der Waals surface area contributed by atoms with E-state index >= 15 is 0 Å². The Labute approximate surface area is 187 Å². The Kier molecular flexibility index (Phi) is 6.83. The molecule has 0 fully saturated rings. The molecule has 0 radical (unpaired) electrons. The summed E-state index contributed by atoms with van der Waals surface area (Å²) in [7, 11) is 0. The molecule has 2 aromatic carbocycles.